The number of benzene rings is 1. The van der Waals surface area contributed by atoms with E-state index in [1.165, 1.54) is 0 Å². The maximum Gasteiger partial charge on any atom is 0.274 e. The number of non-ortho nitro benzene ring substituents is 1. The number of rotatable bonds is 3. The van der Waals surface area contributed by atoms with Gasteiger partial charge in [-0.05, 0) is 32.4 Å². The van der Waals surface area contributed by atoms with Crippen LogP contribution >= 0.6 is 0 Å². The number of halogens is 1. The molecule has 2 rings (SSSR count). The van der Waals surface area contributed by atoms with Gasteiger partial charge in [-0.25, -0.2) is 4.39 Å². The first-order chi connectivity index (χ1) is 9.40. The fourth-order valence-electron chi connectivity index (χ4n) is 2.28. The number of hydrogen-bond acceptors (Lipinski definition) is 4. The Morgan fingerprint density at radius 1 is 1.50 bits per heavy atom. The monoisotopic (exact) mass is 281 g/mol. The molecule has 1 aliphatic rings. The molecule has 0 radical (unpaired) electrons. The van der Waals surface area contributed by atoms with Gasteiger partial charge in [0, 0.05) is 12.6 Å². The van der Waals surface area contributed by atoms with Crippen molar-refractivity contribution in [3.8, 4) is 0 Å². The number of nitro groups is 1. The summed E-state index contributed by atoms with van der Waals surface area (Å²) >= 11 is 0. The summed E-state index contributed by atoms with van der Waals surface area (Å²) in [5, 5.41) is 16.4. The Hall–Kier alpha value is -2.02. The van der Waals surface area contributed by atoms with Gasteiger partial charge < -0.3 is 10.6 Å². The fourth-order valence-corrected chi connectivity index (χ4v) is 2.28. The molecular formula is C13H16FN3O3. The van der Waals surface area contributed by atoms with Crippen LogP contribution in [0.4, 0.5) is 15.8 Å². The second kappa shape index (κ2) is 5.54. The molecule has 1 atom stereocenters. The zero-order chi connectivity index (χ0) is 14.8. The van der Waals surface area contributed by atoms with Crippen molar-refractivity contribution in [2.45, 2.75) is 19.8 Å². The van der Waals surface area contributed by atoms with E-state index < -0.39 is 16.2 Å². The van der Waals surface area contributed by atoms with Crippen LogP contribution in [0.15, 0.2) is 18.2 Å². The molecule has 0 bridgehead atoms. The molecule has 7 heteroatoms. The third-order valence-corrected chi connectivity index (χ3v) is 3.50. The number of nitrogens with one attached hydrogen (secondary N) is 2. The molecule has 0 saturated carbocycles. The Balaban J connectivity index is 2.17. The Kier molecular flexibility index (Phi) is 3.99. The van der Waals surface area contributed by atoms with Crippen molar-refractivity contribution in [3.63, 3.8) is 0 Å². The molecule has 20 heavy (non-hydrogen) atoms. The minimum atomic E-state index is -0.749. The summed E-state index contributed by atoms with van der Waals surface area (Å²) in [4.78, 5) is 22.2. The third-order valence-electron chi connectivity index (χ3n) is 3.50. The van der Waals surface area contributed by atoms with E-state index in [2.05, 4.69) is 10.6 Å². The zero-order valence-electron chi connectivity index (χ0n) is 11.1. The van der Waals surface area contributed by atoms with Crippen molar-refractivity contribution in [1.82, 2.24) is 5.32 Å². The van der Waals surface area contributed by atoms with Crippen LogP contribution < -0.4 is 10.6 Å². The number of carbonyl (C=O) groups is 1. The highest BCUT2D eigenvalue weighted by atomic mass is 19.1. The molecule has 1 fully saturated rings. The molecular weight excluding hydrogens is 265 g/mol. The molecule has 2 N–H and O–H groups in total. The molecule has 6 nitrogen and oxygen atoms in total. The van der Waals surface area contributed by atoms with Gasteiger partial charge in [0.1, 0.15) is 5.82 Å². The first-order valence-electron chi connectivity index (χ1n) is 6.38. The average molecular weight is 281 g/mol. The van der Waals surface area contributed by atoms with Crippen LogP contribution in [0, 0.1) is 21.3 Å². The largest absolute Gasteiger partial charge is 0.325 e. The highest BCUT2D eigenvalue weighted by molar-refractivity contribution is 5.95. The van der Waals surface area contributed by atoms with E-state index in [9.17, 15) is 19.3 Å². The lowest BCUT2D eigenvalue weighted by atomic mass is 9.82. The topological polar surface area (TPSA) is 84.3 Å². The van der Waals surface area contributed by atoms with Crippen molar-refractivity contribution in [1.29, 1.82) is 0 Å². The van der Waals surface area contributed by atoms with E-state index in [1.807, 2.05) is 6.92 Å². The van der Waals surface area contributed by atoms with Crippen molar-refractivity contribution in [2.75, 3.05) is 18.4 Å². The molecule has 1 unspecified atom stereocenters. The van der Waals surface area contributed by atoms with Gasteiger partial charge in [-0.1, -0.05) is 0 Å². The molecule has 1 aliphatic heterocycles. The van der Waals surface area contributed by atoms with Crippen molar-refractivity contribution >= 4 is 17.3 Å². The van der Waals surface area contributed by atoms with Gasteiger partial charge in [0.05, 0.1) is 22.1 Å². The van der Waals surface area contributed by atoms with Gasteiger partial charge >= 0.3 is 0 Å². The maximum atomic E-state index is 13.3. The van der Waals surface area contributed by atoms with Crippen molar-refractivity contribution < 1.29 is 14.1 Å². The smallest absolute Gasteiger partial charge is 0.274 e. The molecule has 1 saturated heterocycles. The molecule has 0 aromatic heterocycles. The Bertz CT molecular complexity index is 542. The Morgan fingerprint density at radius 2 is 2.25 bits per heavy atom. The number of nitro benzene ring substituents is 1. The summed E-state index contributed by atoms with van der Waals surface area (Å²) < 4.78 is 13.3. The normalized spacial score (nSPS) is 22.3. The zero-order valence-corrected chi connectivity index (χ0v) is 11.1. The molecule has 108 valence electrons. The second-order valence-electron chi connectivity index (χ2n) is 5.25. The third kappa shape index (κ3) is 3.11. The van der Waals surface area contributed by atoms with E-state index >= 15 is 0 Å². The molecule has 0 spiro atoms. The Labute approximate surface area is 115 Å². The quantitative estimate of drug-likeness (QED) is 0.656. The van der Waals surface area contributed by atoms with Crippen LogP contribution in [-0.2, 0) is 4.79 Å². The van der Waals surface area contributed by atoms with Crippen molar-refractivity contribution in [3.05, 3.63) is 34.1 Å². The molecule has 0 aliphatic carbocycles. The van der Waals surface area contributed by atoms with Gasteiger partial charge in [0.25, 0.3) is 5.69 Å². The van der Waals surface area contributed by atoms with E-state index in [0.29, 0.717) is 6.54 Å². The fraction of sp³-hybridized carbons (Fsp3) is 0.462. The summed E-state index contributed by atoms with van der Waals surface area (Å²) in [6, 6.07) is 3.05. The van der Waals surface area contributed by atoms with E-state index in [4.69, 9.17) is 0 Å². The lowest BCUT2D eigenvalue weighted by molar-refractivity contribution is -0.385. The molecule has 1 amide bonds. The van der Waals surface area contributed by atoms with Gasteiger partial charge in [0.15, 0.2) is 0 Å². The number of anilines is 1. The highest BCUT2D eigenvalue weighted by Crippen LogP contribution is 2.28. The summed E-state index contributed by atoms with van der Waals surface area (Å²) in [5.41, 5.74) is -0.861. The van der Waals surface area contributed by atoms with E-state index in [1.54, 1.807) is 0 Å². The van der Waals surface area contributed by atoms with Gasteiger partial charge in [0.2, 0.25) is 5.91 Å². The number of amides is 1. The van der Waals surface area contributed by atoms with Gasteiger partial charge in [-0.3, -0.25) is 14.9 Å². The number of carbonyl (C=O) groups excluding carboxylic acids is 1. The first-order valence-corrected chi connectivity index (χ1v) is 6.38. The molecule has 1 aromatic carbocycles. The van der Waals surface area contributed by atoms with E-state index in [0.717, 1.165) is 37.6 Å². The summed E-state index contributed by atoms with van der Waals surface area (Å²) in [6.07, 6.45) is 1.61. The van der Waals surface area contributed by atoms with Crippen LogP contribution in [-0.4, -0.2) is 23.9 Å². The summed E-state index contributed by atoms with van der Waals surface area (Å²) in [7, 11) is 0. The number of hydrogen-bond donors (Lipinski definition) is 2. The van der Waals surface area contributed by atoms with Crippen LogP contribution in [0.25, 0.3) is 0 Å². The van der Waals surface area contributed by atoms with Crippen molar-refractivity contribution in [2.24, 2.45) is 5.41 Å². The predicted molar refractivity (Wildman–Crippen MR) is 71.9 cm³/mol. The predicted octanol–water partition coefficient (Wildman–Crippen LogP) is 2.06. The van der Waals surface area contributed by atoms with Crippen LogP contribution in [0.3, 0.4) is 0 Å². The van der Waals surface area contributed by atoms with Crippen LogP contribution in [0.5, 0.6) is 0 Å². The molecule has 1 aromatic rings. The minimum Gasteiger partial charge on any atom is -0.325 e. The summed E-state index contributed by atoms with van der Waals surface area (Å²) in [5.74, 6) is -1.01. The van der Waals surface area contributed by atoms with Crippen LogP contribution in [0.2, 0.25) is 0 Å². The maximum absolute atomic E-state index is 13.3. The SMILES string of the molecule is CC1(C(=O)Nc2cc(F)cc([N+](=O)[O-])c2)CCCNC1. The molecule has 1 heterocycles. The number of piperidine rings is 1. The average Bonchev–Trinajstić information content (AvgIpc) is 2.38. The lowest BCUT2D eigenvalue weighted by Gasteiger charge is -2.32. The lowest BCUT2D eigenvalue weighted by Crippen LogP contribution is -2.46. The summed E-state index contributed by atoms with van der Waals surface area (Å²) in [6.45, 7) is 3.23. The Morgan fingerprint density at radius 3 is 2.85 bits per heavy atom. The van der Waals surface area contributed by atoms with Gasteiger partial charge in [-0.15, -0.1) is 0 Å². The second-order valence-corrected chi connectivity index (χ2v) is 5.25. The van der Waals surface area contributed by atoms with Gasteiger partial charge in [-0.2, -0.15) is 0 Å². The first kappa shape index (κ1) is 14.4. The highest BCUT2D eigenvalue weighted by Gasteiger charge is 2.34. The van der Waals surface area contributed by atoms with E-state index in [-0.39, 0.29) is 17.3 Å². The minimum absolute atomic E-state index is 0.105. The standard InChI is InChI=1S/C13H16FN3O3/c1-13(3-2-4-15-8-13)12(18)16-10-5-9(14)6-11(7-10)17(19)20/h5-7,15H,2-4,8H2,1H3,(H,16,18). The number of nitrogens with zero attached hydrogens (tertiary/aromatic N) is 1. The van der Waals surface area contributed by atoms with Crippen LogP contribution in [0.1, 0.15) is 19.8 Å².